The van der Waals surface area contributed by atoms with Crippen molar-refractivity contribution in [3.63, 3.8) is 0 Å². The number of halogens is 2. The highest BCUT2D eigenvalue weighted by molar-refractivity contribution is 6.05. The quantitative estimate of drug-likeness (QED) is 0.629. The van der Waals surface area contributed by atoms with Crippen molar-refractivity contribution in [2.45, 2.75) is 31.9 Å². The first-order chi connectivity index (χ1) is 15.4. The molecule has 1 atom stereocenters. The highest BCUT2D eigenvalue weighted by Gasteiger charge is 2.39. The SMILES string of the molecule is O=C1CCC(N2Cc3cc(-c4nc(C(F)F)oc4-c4ccccc4)ccc3C2=O)C(=O)N1. The number of nitrogens with one attached hydrogen (secondary N) is 1. The third kappa shape index (κ3) is 3.35. The number of benzene rings is 2. The summed E-state index contributed by atoms with van der Waals surface area (Å²) in [7, 11) is 0. The van der Waals surface area contributed by atoms with Gasteiger partial charge in [-0.15, -0.1) is 0 Å². The predicted molar refractivity (Wildman–Crippen MR) is 108 cm³/mol. The van der Waals surface area contributed by atoms with E-state index < -0.39 is 24.3 Å². The lowest BCUT2D eigenvalue weighted by molar-refractivity contribution is -0.136. The second kappa shape index (κ2) is 7.67. The van der Waals surface area contributed by atoms with Crippen LogP contribution >= 0.6 is 0 Å². The number of piperidine rings is 1. The lowest BCUT2D eigenvalue weighted by Crippen LogP contribution is -2.52. The van der Waals surface area contributed by atoms with E-state index in [-0.39, 0.29) is 42.7 Å². The number of nitrogens with zero attached hydrogens (tertiary/aromatic N) is 2. The van der Waals surface area contributed by atoms with Crippen LogP contribution in [0.1, 0.15) is 41.1 Å². The van der Waals surface area contributed by atoms with Crippen LogP contribution in [0.5, 0.6) is 0 Å². The van der Waals surface area contributed by atoms with Gasteiger partial charge in [-0.3, -0.25) is 19.7 Å². The maximum absolute atomic E-state index is 13.3. The van der Waals surface area contributed by atoms with Gasteiger partial charge in [0.15, 0.2) is 5.76 Å². The fraction of sp³-hybridized carbons (Fsp3) is 0.217. The van der Waals surface area contributed by atoms with E-state index in [1.807, 2.05) is 0 Å². The summed E-state index contributed by atoms with van der Waals surface area (Å²) < 4.78 is 32.0. The molecule has 2 aliphatic heterocycles. The molecule has 2 aromatic carbocycles. The topological polar surface area (TPSA) is 92.5 Å². The van der Waals surface area contributed by atoms with E-state index in [1.165, 1.54) is 4.90 Å². The number of fused-ring (bicyclic) bond motifs is 1. The molecule has 0 saturated carbocycles. The van der Waals surface area contributed by atoms with Crippen molar-refractivity contribution >= 4 is 17.7 Å². The van der Waals surface area contributed by atoms with Gasteiger partial charge >= 0.3 is 6.43 Å². The number of carbonyl (C=O) groups is 3. The summed E-state index contributed by atoms with van der Waals surface area (Å²) in [6.07, 6.45) is -2.45. The largest absolute Gasteiger partial charge is 0.435 e. The average molecular weight is 437 g/mol. The van der Waals surface area contributed by atoms with Gasteiger partial charge in [0, 0.05) is 29.7 Å². The summed E-state index contributed by atoms with van der Waals surface area (Å²) in [6, 6.07) is 13.0. The fourth-order valence-electron chi connectivity index (χ4n) is 4.13. The third-order valence-electron chi connectivity index (χ3n) is 5.66. The molecule has 0 bridgehead atoms. The summed E-state index contributed by atoms with van der Waals surface area (Å²) in [5, 5.41) is 2.26. The summed E-state index contributed by atoms with van der Waals surface area (Å²) in [5.74, 6) is -1.62. The number of rotatable bonds is 4. The van der Waals surface area contributed by atoms with E-state index in [4.69, 9.17) is 4.42 Å². The molecule has 1 fully saturated rings. The number of amides is 3. The van der Waals surface area contributed by atoms with Crippen LogP contribution in [0.25, 0.3) is 22.6 Å². The minimum Gasteiger partial charge on any atom is -0.435 e. The third-order valence-corrected chi connectivity index (χ3v) is 5.66. The molecule has 0 radical (unpaired) electrons. The second-order valence-corrected chi connectivity index (χ2v) is 7.67. The van der Waals surface area contributed by atoms with Gasteiger partial charge in [-0.2, -0.15) is 8.78 Å². The smallest absolute Gasteiger partial charge is 0.313 e. The zero-order valence-corrected chi connectivity index (χ0v) is 16.7. The van der Waals surface area contributed by atoms with Crippen molar-refractivity contribution in [2.75, 3.05) is 0 Å². The van der Waals surface area contributed by atoms with Crippen molar-refractivity contribution in [3.8, 4) is 22.6 Å². The molecule has 3 amide bonds. The Labute approximate surface area is 181 Å². The van der Waals surface area contributed by atoms with Crippen molar-refractivity contribution in [3.05, 3.63) is 65.5 Å². The molecule has 3 aromatic rings. The maximum Gasteiger partial charge on any atom is 0.313 e. The Hall–Kier alpha value is -3.88. The monoisotopic (exact) mass is 437 g/mol. The maximum atomic E-state index is 13.3. The van der Waals surface area contributed by atoms with E-state index in [9.17, 15) is 23.2 Å². The molecule has 3 heterocycles. The van der Waals surface area contributed by atoms with Crippen molar-refractivity contribution in [1.82, 2.24) is 15.2 Å². The highest BCUT2D eigenvalue weighted by Crippen LogP contribution is 2.37. The number of hydrogen-bond acceptors (Lipinski definition) is 5. The van der Waals surface area contributed by atoms with Crippen LogP contribution in [0.4, 0.5) is 8.78 Å². The van der Waals surface area contributed by atoms with Gasteiger partial charge in [-0.25, -0.2) is 4.98 Å². The Balaban J connectivity index is 1.51. The first-order valence-electron chi connectivity index (χ1n) is 10.0. The van der Waals surface area contributed by atoms with E-state index >= 15 is 0 Å². The van der Waals surface area contributed by atoms with Crippen molar-refractivity contribution in [2.24, 2.45) is 0 Å². The average Bonchev–Trinajstić information content (AvgIpc) is 3.36. The van der Waals surface area contributed by atoms with Crippen LogP contribution in [-0.4, -0.2) is 33.6 Å². The summed E-state index contributed by atoms with van der Waals surface area (Å²) in [6.45, 7) is 0.175. The first kappa shape index (κ1) is 20.0. The molecular formula is C23H17F2N3O4. The molecule has 2 aliphatic rings. The van der Waals surface area contributed by atoms with Gasteiger partial charge in [0.1, 0.15) is 11.7 Å². The van der Waals surface area contributed by atoms with Gasteiger partial charge in [-0.1, -0.05) is 36.4 Å². The van der Waals surface area contributed by atoms with Gasteiger partial charge in [0.2, 0.25) is 11.8 Å². The Morgan fingerprint density at radius 3 is 2.56 bits per heavy atom. The van der Waals surface area contributed by atoms with Crippen LogP contribution in [-0.2, 0) is 16.1 Å². The number of alkyl halides is 2. The molecule has 1 aromatic heterocycles. The highest BCUT2D eigenvalue weighted by atomic mass is 19.3. The van der Waals surface area contributed by atoms with Gasteiger partial charge < -0.3 is 9.32 Å². The molecule has 9 heteroatoms. The van der Waals surface area contributed by atoms with Crippen LogP contribution in [0.15, 0.2) is 52.9 Å². The van der Waals surface area contributed by atoms with Crippen LogP contribution in [0.2, 0.25) is 0 Å². The standard InChI is InChI=1S/C23H17F2N3O4/c24-20(25)22-27-18(19(32-22)12-4-2-1-3-5-12)13-6-7-15-14(10-13)11-28(23(15)31)16-8-9-17(29)26-21(16)30/h1-7,10,16,20H,8-9,11H2,(H,26,29,30). The molecular weight excluding hydrogens is 420 g/mol. The minimum absolute atomic E-state index is 0.164. The van der Waals surface area contributed by atoms with Gasteiger partial charge in [0.25, 0.3) is 11.8 Å². The van der Waals surface area contributed by atoms with E-state index in [0.717, 1.165) is 0 Å². The number of imide groups is 1. The number of carbonyl (C=O) groups excluding carboxylic acids is 3. The lowest BCUT2D eigenvalue weighted by atomic mass is 10.0. The molecule has 1 unspecified atom stereocenters. The minimum atomic E-state index is -2.87. The normalized spacial score (nSPS) is 18.3. The number of oxazole rings is 1. The molecule has 0 aliphatic carbocycles. The summed E-state index contributed by atoms with van der Waals surface area (Å²) >= 11 is 0. The van der Waals surface area contributed by atoms with E-state index in [1.54, 1.807) is 48.5 Å². The second-order valence-electron chi connectivity index (χ2n) is 7.67. The molecule has 1 saturated heterocycles. The van der Waals surface area contributed by atoms with Crippen LogP contribution < -0.4 is 5.32 Å². The Kier molecular flexibility index (Phi) is 4.80. The Bertz CT molecular complexity index is 1240. The molecule has 7 nitrogen and oxygen atoms in total. The summed E-state index contributed by atoms with van der Waals surface area (Å²) in [5.41, 5.74) is 2.45. The van der Waals surface area contributed by atoms with E-state index in [2.05, 4.69) is 10.3 Å². The number of aromatic nitrogens is 1. The van der Waals surface area contributed by atoms with Crippen LogP contribution in [0.3, 0.4) is 0 Å². The molecule has 0 spiro atoms. The first-order valence-corrected chi connectivity index (χ1v) is 10.0. The van der Waals surface area contributed by atoms with Crippen molar-refractivity contribution in [1.29, 1.82) is 0 Å². The fourth-order valence-corrected chi connectivity index (χ4v) is 4.13. The van der Waals surface area contributed by atoms with Crippen LogP contribution in [0, 0.1) is 0 Å². The zero-order chi connectivity index (χ0) is 22.4. The van der Waals surface area contributed by atoms with Crippen molar-refractivity contribution < 1.29 is 27.6 Å². The molecule has 1 N–H and O–H groups in total. The summed E-state index contributed by atoms with van der Waals surface area (Å²) in [4.78, 5) is 42.0. The molecule has 32 heavy (non-hydrogen) atoms. The van der Waals surface area contributed by atoms with E-state index in [0.29, 0.717) is 22.3 Å². The predicted octanol–water partition coefficient (Wildman–Crippen LogP) is 3.71. The number of hydrogen-bond donors (Lipinski definition) is 1. The zero-order valence-electron chi connectivity index (χ0n) is 16.7. The van der Waals surface area contributed by atoms with Gasteiger partial charge in [-0.05, 0) is 24.1 Å². The van der Waals surface area contributed by atoms with Gasteiger partial charge in [0.05, 0.1) is 0 Å². The Morgan fingerprint density at radius 1 is 1.06 bits per heavy atom. The Morgan fingerprint density at radius 2 is 1.84 bits per heavy atom. The lowest BCUT2D eigenvalue weighted by Gasteiger charge is -2.29. The molecule has 5 rings (SSSR count). The molecule has 162 valence electrons.